The van der Waals surface area contributed by atoms with Crippen LogP contribution in [0.1, 0.15) is 20.8 Å². The van der Waals surface area contributed by atoms with Crippen LogP contribution in [0.25, 0.3) is 11.2 Å². The molecular formula is C13H21N7O. The molecule has 0 bridgehead atoms. The molecule has 0 fully saturated rings. The molecule has 3 N–H and O–H groups in total. The second-order valence-electron chi connectivity index (χ2n) is 4.62. The Hall–Kier alpha value is -2.38. The molecule has 114 valence electrons. The molecule has 0 aliphatic carbocycles. The second kappa shape index (κ2) is 6.38. The van der Waals surface area contributed by atoms with Crippen molar-refractivity contribution in [2.45, 2.75) is 26.8 Å². The van der Waals surface area contributed by atoms with Crippen molar-refractivity contribution in [1.82, 2.24) is 24.8 Å². The molecule has 1 unspecified atom stereocenters. The fraction of sp³-hybridized carbons (Fsp3) is 0.538. The molecule has 0 aromatic carbocycles. The lowest BCUT2D eigenvalue weighted by Crippen LogP contribution is -2.41. The van der Waals surface area contributed by atoms with Crippen LogP contribution in [-0.2, 0) is 4.79 Å². The molecule has 2 rings (SSSR count). The van der Waals surface area contributed by atoms with Crippen molar-refractivity contribution in [3.05, 3.63) is 6.33 Å². The van der Waals surface area contributed by atoms with E-state index in [0.717, 1.165) is 0 Å². The molecular weight excluding hydrogens is 270 g/mol. The third-order valence-corrected chi connectivity index (χ3v) is 3.31. The number of fused-ring (bicyclic) bond motifs is 1. The Kier molecular flexibility index (Phi) is 4.56. The number of carbonyl (C=O) groups is 1. The standard InChI is InChI=1S/C13H21N7O/c1-5-20(6-2)12(21)8(3)17-11-9-10(16-7-15-9)18-13(14-4)19-11/h7-8H,5-6H2,1-4H3,(H3,14,15,16,17,18,19). The summed E-state index contributed by atoms with van der Waals surface area (Å²) < 4.78 is 0. The highest BCUT2D eigenvalue weighted by molar-refractivity contribution is 5.89. The van der Waals surface area contributed by atoms with Gasteiger partial charge in [-0.05, 0) is 20.8 Å². The van der Waals surface area contributed by atoms with Crippen LogP contribution in [0.4, 0.5) is 11.8 Å². The maximum absolute atomic E-state index is 12.3. The van der Waals surface area contributed by atoms with E-state index in [2.05, 4.69) is 30.6 Å². The number of carbonyl (C=O) groups excluding carboxylic acids is 1. The number of nitrogens with one attached hydrogen (secondary N) is 3. The van der Waals surface area contributed by atoms with E-state index in [4.69, 9.17) is 0 Å². The first-order valence-electron chi connectivity index (χ1n) is 7.04. The molecule has 1 amide bonds. The van der Waals surface area contributed by atoms with Gasteiger partial charge >= 0.3 is 0 Å². The molecule has 0 saturated carbocycles. The summed E-state index contributed by atoms with van der Waals surface area (Å²) in [5.74, 6) is 1.06. The normalized spacial score (nSPS) is 12.2. The molecule has 0 aliphatic rings. The molecule has 21 heavy (non-hydrogen) atoms. The van der Waals surface area contributed by atoms with E-state index >= 15 is 0 Å². The minimum atomic E-state index is -0.379. The Morgan fingerprint density at radius 3 is 2.71 bits per heavy atom. The maximum atomic E-state index is 12.3. The average Bonchev–Trinajstić information content (AvgIpc) is 2.96. The molecule has 2 heterocycles. The molecule has 0 saturated heterocycles. The van der Waals surface area contributed by atoms with Crippen LogP contribution >= 0.6 is 0 Å². The van der Waals surface area contributed by atoms with Gasteiger partial charge in [-0.15, -0.1) is 0 Å². The van der Waals surface area contributed by atoms with Gasteiger partial charge in [0.1, 0.15) is 11.6 Å². The summed E-state index contributed by atoms with van der Waals surface area (Å²) in [6.45, 7) is 7.12. The van der Waals surface area contributed by atoms with Crippen LogP contribution in [0.2, 0.25) is 0 Å². The highest BCUT2D eigenvalue weighted by atomic mass is 16.2. The Morgan fingerprint density at radius 1 is 1.38 bits per heavy atom. The number of anilines is 2. The summed E-state index contributed by atoms with van der Waals surface area (Å²) in [6, 6.07) is -0.379. The first-order chi connectivity index (χ1) is 10.1. The molecule has 8 heteroatoms. The van der Waals surface area contributed by atoms with Gasteiger partial charge in [0.15, 0.2) is 11.5 Å². The number of hydrogen-bond donors (Lipinski definition) is 3. The molecule has 2 aromatic rings. The van der Waals surface area contributed by atoms with E-state index in [9.17, 15) is 4.79 Å². The van der Waals surface area contributed by atoms with Crippen molar-refractivity contribution in [3.8, 4) is 0 Å². The summed E-state index contributed by atoms with van der Waals surface area (Å²) in [4.78, 5) is 29.8. The molecule has 2 aromatic heterocycles. The minimum Gasteiger partial charge on any atom is -0.357 e. The van der Waals surface area contributed by atoms with Crippen molar-refractivity contribution in [3.63, 3.8) is 0 Å². The van der Waals surface area contributed by atoms with Crippen molar-refractivity contribution in [1.29, 1.82) is 0 Å². The number of H-pyrrole nitrogens is 1. The second-order valence-corrected chi connectivity index (χ2v) is 4.62. The zero-order valence-electron chi connectivity index (χ0n) is 12.8. The van der Waals surface area contributed by atoms with Crippen LogP contribution in [0.15, 0.2) is 6.33 Å². The summed E-state index contributed by atoms with van der Waals surface area (Å²) in [6.07, 6.45) is 1.56. The Morgan fingerprint density at radius 2 is 2.10 bits per heavy atom. The summed E-state index contributed by atoms with van der Waals surface area (Å²) in [5.41, 5.74) is 1.24. The summed E-state index contributed by atoms with van der Waals surface area (Å²) in [7, 11) is 1.74. The Labute approximate surface area is 123 Å². The fourth-order valence-corrected chi connectivity index (χ4v) is 2.13. The lowest BCUT2D eigenvalue weighted by atomic mass is 10.2. The number of rotatable bonds is 6. The number of aromatic nitrogens is 4. The molecule has 0 aliphatic heterocycles. The SMILES string of the molecule is CCN(CC)C(=O)C(C)Nc1nc(NC)nc2nc[nH]c12. The van der Waals surface area contributed by atoms with E-state index < -0.39 is 0 Å². The third kappa shape index (κ3) is 3.04. The molecule has 1 atom stereocenters. The number of amides is 1. The summed E-state index contributed by atoms with van der Waals surface area (Å²) in [5, 5.41) is 6.03. The molecule has 0 spiro atoms. The Bertz CT molecular complexity index is 620. The van der Waals surface area contributed by atoms with Gasteiger partial charge in [-0.3, -0.25) is 4.79 Å². The summed E-state index contributed by atoms with van der Waals surface area (Å²) >= 11 is 0. The number of imidazole rings is 1. The van der Waals surface area contributed by atoms with Gasteiger partial charge in [-0.2, -0.15) is 9.97 Å². The number of hydrogen-bond acceptors (Lipinski definition) is 6. The number of likely N-dealkylation sites (N-methyl/N-ethyl adjacent to an activating group) is 1. The van der Waals surface area contributed by atoms with Crippen molar-refractivity contribution < 1.29 is 4.79 Å². The maximum Gasteiger partial charge on any atom is 0.244 e. The van der Waals surface area contributed by atoms with Crippen molar-refractivity contribution >= 4 is 28.8 Å². The van der Waals surface area contributed by atoms with Gasteiger partial charge in [0.05, 0.1) is 6.33 Å². The fourth-order valence-electron chi connectivity index (χ4n) is 2.13. The largest absolute Gasteiger partial charge is 0.357 e. The van der Waals surface area contributed by atoms with E-state index in [1.807, 2.05) is 20.8 Å². The quantitative estimate of drug-likeness (QED) is 0.736. The van der Waals surface area contributed by atoms with Gasteiger partial charge in [0, 0.05) is 20.1 Å². The van der Waals surface area contributed by atoms with E-state index in [-0.39, 0.29) is 11.9 Å². The van der Waals surface area contributed by atoms with Gasteiger partial charge in [-0.1, -0.05) is 0 Å². The molecule has 8 nitrogen and oxygen atoms in total. The van der Waals surface area contributed by atoms with Crippen LogP contribution in [0.3, 0.4) is 0 Å². The van der Waals surface area contributed by atoms with Crippen LogP contribution in [0.5, 0.6) is 0 Å². The smallest absolute Gasteiger partial charge is 0.244 e. The van der Waals surface area contributed by atoms with E-state index in [1.165, 1.54) is 0 Å². The Balaban J connectivity index is 2.26. The van der Waals surface area contributed by atoms with Crippen molar-refractivity contribution in [2.24, 2.45) is 0 Å². The van der Waals surface area contributed by atoms with Gasteiger partial charge in [-0.25, -0.2) is 4.98 Å². The van der Waals surface area contributed by atoms with E-state index in [1.54, 1.807) is 18.3 Å². The van der Waals surface area contributed by atoms with Crippen LogP contribution in [-0.4, -0.2) is 56.9 Å². The first kappa shape index (κ1) is 15.0. The lowest BCUT2D eigenvalue weighted by Gasteiger charge is -2.23. The minimum absolute atomic E-state index is 0.0392. The zero-order valence-corrected chi connectivity index (χ0v) is 12.8. The predicted octanol–water partition coefficient (Wildman–Crippen LogP) is 1.06. The van der Waals surface area contributed by atoms with Crippen LogP contribution in [0, 0.1) is 0 Å². The van der Waals surface area contributed by atoms with Gasteiger partial charge < -0.3 is 20.5 Å². The predicted molar refractivity (Wildman–Crippen MR) is 82.2 cm³/mol. The number of nitrogens with zero attached hydrogens (tertiary/aromatic N) is 4. The van der Waals surface area contributed by atoms with Crippen molar-refractivity contribution in [2.75, 3.05) is 30.8 Å². The van der Waals surface area contributed by atoms with Crippen LogP contribution < -0.4 is 10.6 Å². The zero-order chi connectivity index (χ0) is 15.4. The highest BCUT2D eigenvalue weighted by Crippen LogP contribution is 2.19. The average molecular weight is 291 g/mol. The van der Waals surface area contributed by atoms with Gasteiger partial charge in [0.2, 0.25) is 11.9 Å². The van der Waals surface area contributed by atoms with Gasteiger partial charge in [0.25, 0.3) is 0 Å². The monoisotopic (exact) mass is 291 g/mol. The number of aromatic amines is 1. The third-order valence-electron chi connectivity index (χ3n) is 3.31. The molecule has 0 radical (unpaired) electrons. The first-order valence-corrected chi connectivity index (χ1v) is 7.04. The highest BCUT2D eigenvalue weighted by Gasteiger charge is 2.20. The topological polar surface area (TPSA) is 98.8 Å². The lowest BCUT2D eigenvalue weighted by molar-refractivity contribution is -0.131. The van der Waals surface area contributed by atoms with E-state index in [0.29, 0.717) is 36.0 Å².